The Kier molecular flexibility index (Phi) is 2.78. The summed E-state index contributed by atoms with van der Waals surface area (Å²) in [7, 11) is 0. The zero-order chi connectivity index (χ0) is 14.3. The van der Waals surface area contributed by atoms with E-state index in [4.69, 9.17) is 4.42 Å². The molecule has 0 aliphatic heterocycles. The zero-order valence-electron chi connectivity index (χ0n) is 11.1. The molecule has 20 heavy (non-hydrogen) atoms. The number of pyridine rings is 1. The van der Waals surface area contributed by atoms with E-state index in [0.717, 1.165) is 0 Å². The van der Waals surface area contributed by atoms with Crippen LogP contribution in [-0.2, 0) is 0 Å². The van der Waals surface area contributed by atoms with Gasteiger partial charge in [-0.3, -0.25) is 14.3 Å². The van der Waals surface area contributed by atoms with Gasteiger partial charge in [0.2, 0.25) is 0 Å². The average Bonchev–Trinajstić information content (AvgIpc) is 2.91. The minimum absolute atomic E-state index is 0.110. The number of aromatic nitrogens is 3. The number of hydrogen-bond acceptors (Lipinski definition) is 4. The molecule has 0 bridgehead atoms. The number of fused-ring (bicyclic) bond motifs is 1. The first-order valence-corrected chi connectivity index (χ1v) is 6.27. The van der Waals surface area contributed by atoms with Crippen LogP contribution in [0.3, 0.4) is 0 Å². The Morgan fingerprint density at radius 3 is 2.75 bits per heavy atom. The fourth-order valence-corrected chi connectivity index (χ4v) is 2.29. The van der Waals surface area contributed by atoms with Crippen LogP contribution in [-0.4, -0.2) is 14.5 Å². The van der Waals surface area contributed by atoms with E-state index in [1.807, 2.05) is 13.8 Å². The van der Waals surface area contributed by atoms with E-state index in [1.54, 1.807) is 24.4 Å². The minimum atomic E-state index is -0.457. The van der Waals surface area contributed by atoms with Crippen molar-refractivity contribution in [1.82, 2.24) is 14.5 Å². The number of hydrogen-bond donors (Lipinski definition) is 1. The highest BCUT2D eigenvalue weighted by molar-refractivity contribution is 5.90. The van der Waals surface area contributed by atoms with Crippen molar-refractivity contribution in [2.24, 2.45) is 0 Å². The highest BCUT2D eigenvalue weighted by Crippen LogP contribution is 2.25. The van der Waals surface area contributed by atoms with Crippen LogP contribution in [0.2, 0.25) is 0 Å². The summed E-state index contributed by atoms with van der Waals surface area (Å²) in [6.07, 6.45) is 3.10. The summed E-state index contributed by atoms with van der Waals surface area (Å²) in [6.45, 7) is 3.72. The van der Waals surface area contributed by atoms with Gasteiger partial charge in [-0.2, -0.15) is 0 Å². The number of H-pyrrole nitrogens is 1. The predicted molar refractivity (Wildman–Crippen MR) is 74.7 cm³/mol. The molecule has 0 radical (unpaired) electrons. The molecule has 0 spiro atoms. The van der Waals surface area contributed by atoms with Gasteiger partial charge in [0.05, 0.1) is 11.6 Å². The van der Waals surface area contributed by atoms with E-state index in [-0.39, 0.29) is 6.04 Å². The van der Waals surface area contributed by atoms with Crippen molar-refractivity contribution in [2.45, 2.75) is 19.9 Å². The summed E-state index contributed by atoms with van der Waals surface area (Å²) in [5.74, 6) is 0.567. The fraction of sp³-hybridized carbons (Fsp3) is 0.214. The van der Waals surface area contributed by atoms with Crippen LogP contribution in [0.1, 0.15) is 19.9 Å². The Morgan fingerprint density at radius 1 is 1.30 bits per heavy atom. The molecule has 0 saturated heterocycles. The number of nitrogens with zero attached hydrogens (tertiary/aromatic N) is 2. The van der Waals surface area contributed by atoms with Crippen LogP contribution in [0, 0.1) is 0 Å². The zero-order valence-corrected chi connectivity index (χ0v) is 11.1. The third-order valence-corrected chi connectivity index (χ3v) is 3.13. The lowest BCUT2D eigenvalue weighted by Gasteiger charge is -2.12. The lowest BCUT2D eigenvalue weighted by Crippen LogP contribution is -2.32. The van der Waals surface area contributed by atoms with Crippen LogP contribution in [0.5, 0.6) is 0 Å². The highest BCUT2D eigenvalue weighted by Gasteiger charge is 2.16. The largest absolute Gasteiger partial charge is 0.464 e. The Bertz CT molecular complexity index is 873. The quantitative estimate of drug-likeness (QED) is 0.772. The van der Waals surface area contributed by atoms with E-state index in [1.165, 1.54) is 10.8 Å². The molecular formula is C14H13N3O3. The summed E-state index contributed by atoms with van der Waals surface area (Å²) in [4.78, 5) is 30.6. The second-order valence-corrected chi connectivity index (χ2v) is 4.76. The Morgan fingerprint density at radius 2 is 2.10 bits per heavy atom. The monoisotopic (exact) mass is 271 g/mol. The molecule has 0 fully saturated rings. The van der Waals surface area contributed by atoms with E-state index >= 15 is 0 Å². The molecule has 0 atom stereocenters. The van der Waals surface area contributed by atoms with Crippen molar-refractivity contribution in [3.8, 4) is 11.3 Å². The van der Waals surface area contributed by atoms with E-state index in [9.17, 15) is 9.59 Å². The van der Waals surface area contributed by atoms with Gasteiger partial charge in [-0.25, -0.2) is 9.78 Å². The average molecular weight is 271 g/mol. The van der Waals surface area contributed by atoms with Crippen molar-refractivity contribution in [2.75, 3.05) is 0 Å². The molecule has 0 amide bonds. The molecule has 3 aromatic rings. The molecule has 0 aliphatic carbocycles. The number of nitrogens with one attached hydrogen (secondary N) is 1. The molecule has 3 aromatic heterocycles. The topological polar surface area (TPSA) is 80.9 Å². The van der Waals surface area contributed by atoms with Gasteiger partial charge in [-0.05, 0) is 32.0 Å². The summed E-state index contributed by atoms with van der Waals surface area (Å²) < 4.78 is 6.81. The van der Waals surface area contributed by atoms with E-state index in [2.05, 4.69) is 9.97 Å². The van der Waals surface area contributed by atoms with Crippen LogP contribution in [0.15, 0.2) is 44.7 Å². The van der Waals surface area contributed by atoms with Gasteiger partial charge in [0.15, 0.2) is 0 Å². The molecule has 0 saturated carbocycles. The van der Waals surface area contributed by atoms with Gasteiger partial charge < -0.3 is 4.42 Å². The van der Waals surface area contributed by atoms with E-state index in [0.29, 0.717) is 22.4 Å². The molecule has 0 unspecified atom stereocenters. The van der Waals surface area contributed by atoms with Gasteiger partial charge in [-0.15, -0.1) is 0 Å². The van der Waals surface area contributed by atoms with Gasteiger partial charge in [0.25, 0.3) is 5.56 Å². The third kappa shape index (κ3) is 1.77. The fourth-order valence-electron chi connectivity index (χ4n) is 2.29. The van der Waals surface area contributed by atoms with Crippen molar-refractivity contribution in [1.29, 1.82) is 0 Å². The van der Waals surface area contributed by atoms with Crippen molar-refractivity contribution in [3.63, 3.8) is 0 Å². The summed E-state index contributed by atoms with van der Waals surface area (Å²) in [5.41, 5.74) is 0.0706. The molecule has 6 heteroatoms. The van der Waals surface area contributed by atoms with Crippen LogP contribution < -0.4 is 11.2 Å². The molecular weight excluding hydrogens is 258 g/mol. The summed E-state index contributed by atoms with van der Waals surface area (Å²) in [5, 5.41) is 0.357. The number of aromatic amines is 1. The number of rotatable bonds is 2. The maximum absolute atomic E-state index is 12.1. The smallest absolute Gasteiger partial charge is 0.330 e. The first-order valence-electron chi connectivity index (χ1n) is 6.27. The molecule has 102 valence electrons. The Hall–Kier alpha value is -2.63. The van der Waals surface area contributed by atoms with Crippen LogP contribution in [0.25, 0.3) is 22.4 Å². The summed E-state index contributed by atoms with van der Waals surface area (Å²) >= 11 is 0. The van der Waals surface area contributed by atoms with Gasteiger partial charge >= 0.3 is 5.69 Å². The molecule has 3 rings (SSSR count). The highest BCUT2D eigenvalue weighted by atomic mass is 16.3. The van der Waals surface area contributed by atoms with Crippen LogP contribution in [0.4, 0.5) is 0 Å². The van der Waals surface area contributed by atoms with Gasteiger partial charge in [0, 0.05) is 17.8 Å². The van der Waals surface area contributed by atoms with Gasteiger partial charge in [0.1, 0.15) is 11.4 Å². The first-order chi connectivity index (χ1) is 9.59. The molecule has 0 aliphatic rings. The number of furan rings is 1. The predicted octanol–water partition coefficient (Wildman–Crippen LogP) is 1.93. The van der Waals surface area contributed by atoms with E-state index < -0.39 is 11.2 Å². The van der Waals surface area contributed by atoms with Crippen molar-refractivity contribution >= 4 is 11.0 Å². The standard InChI is InChI=1S/C14H13N3O3/c1-8(2)17-12-11(13(18)16-14(17)19)9(5-6-15-12)10-4-3-7-20-10/h3-8H,1-2H3,(H,16,18,19). The molecule has 1 N–H and O–H groups in total. The lowest BCUT2D eigenvalue weighted by atomic mass is 10.1. The van der Waals surface area contributed by atoms with Gasteiger partial charge in [-0.1, -0.05) is 0 Å². The normalized spacial score (nSPS) is 11.3. The second-order valence-electron chi connectivity index (χ2n) is 4.76. The molecule has 3 heterocycles. The maximum Gasteiger partial charge on any atom is 0.330 e. The molecule has 0 aromatic carbocycles. The SMILES string of the molecule is CC(C)n1c(=O)[nH]c(=O)c2c(-c3ccco3)ccnc21. The lowest BCUT2D eigenvalue weighted by molar-refractivity contribution is 0.576. The maximum atomic E-state index is 12.1. The summed E-state index contributed by atoms with van der Waals surface area (Å²) in [6, 6.07) is 5.10. The Balaban J connectivity index is 2.51. The van der Waals surface area contributed by atoms with Crippen molar-refractivity contribution in [3.05, 3.63) is 51.5 Å². The van der Waals surface area contributed by atoms with Crippen LogP contribution >= 0.6 is 0 Å². The Labute approximate surface area is 113 Å². The minimum Gasteiger partial charge on any atom is -0.464 e. The second kappa shape index (κ2) is 4.48. The third-order valence-electron chi connectivity index (χ3n) is 3.13. The van der Waals surface area contributed by atoms with Crippen molar-refractivity contribution < 1.29 is 4.42 Å². The first kappa shape index (κ1) is 12.4. The molecule has 6 nitrogen and oxygen atoms in total.